The van der Waals surface area contributed by atoms with Crippen LogP contribution in [0.4, 0.5) is 10.1 Å². The minimum absolute atomic E-state index is 0. The van der Waals surface area contributed by atoms with Crippen LogP contribution in [0.5, 0.6) is 0 Å². The molecule has 1 aromatic heterocycles. The maximum atomic E-state index is 15.2. The molecule has 2 unspecified atom stereocenters. The zero-order chi connectivity index (χ0) is 22.0. The average Bonchev–Trinajstić information content (AvgIpc) is 3.43. The highest BCUT2D eigenvalue weighted by Gasteiger charge is 2.38. The molecule has 1 aliphatic carbocycles. The number of nitrogens with zero attached hydrogens (tertiary/aromatic N) is 4. The Balaban J connectivity index is 0.00000272. The summed E-state index contributed by atoms with van der Waals surface area (Å²) in [5, 5.41) is 9.51. The fourth-order valence-electron chi connectivity index (χ4n) is 4.67. The fraction of sp³-hybridized carbons (Fsp3) is 0.571. The van der Waals surface area contributed by atoms with E-state index in [2.05, 4.69) is 6.07 Å². The Labute approximate surface area is 185 Å². The van der Waals surface area contributed by atoms with Gasteiger partial charge in [-0.25, -0.2) is 9.18 Å². The molecule has 2 atom stereocenters. The Hall–Kier alpha value is -2.57. The van der Waals surface area contributed by atoms with E-state index in [1.807, 2.05) is 18.7 Å². The van der Waals surface area contributed by atoms with Gasteiger partial charge in [-0.05, 0) is 52.0 Å². The van der Waals surface area contributed by atoms with E-state index in [1.54, 1.807) is 6.92 Å². The molecule has 8 nitrogen and oxygen atoms in total. The van der Waals surface area contributed by atoms with Crippen molar-refractivity contribution in [1.29, 1.82) is 5.26 Å². The third-order valence-electron chi connectivity index (χ3n) is 6.65. The normalized spacial score (nSPS) is 19.9. The van der Waals surface area contributed by atoms with E-state index >= 15 is 4.39 Å². The van der Waals surface area contributed by atoms with Crippen molar-refractivity contribution in [2.24, 2.45) is 17.1 Å². The number of benzene rings is 1. The SMILES string of the molecule is Cc1c(N2CCC(C(N)C(C)(C)C#N)C2)c(F)cc2c(=O)n(N)c(=O)n(C3CC3)c12.Cl. The minimum Gasteiger partial charge on any atom is -0.369 e. The highest BCUT2D eigenvalue weighted by Crippen LogP contribution is 2.40. The zero-order valence-corrected chi connectivity index (χ0v) is 18.7. The summed E-state index contributed by atoms with van der Waals surface area (Å²) in [5.41, 5.74) is 5.79. The van der Waals surface area contributed by atoms with Gasteiger partial charge in [0.05, 0.1) is 28.1 Å². The molecule has 1 saturated carbocycles. The molecule has 0 radical (unpaired) electrons. The molecule has 2 aromatic rings. The van der Waals surface area contributed by atoms with E-state index in [-0.39, 0.29) is 35.8 Å². The maximum Gasteiger partial charge on any atom is 0.350 e. The maximum absolute atomic E-state index is 15.2. The van der Waals surface area contributed by atoms with E-state index in [4.69, 9.17) is 11.6 Å². The van der Waals surface area contributed by atoms with Crippen LogP contribution < -0.4 is 27.7 Å². The monoisotopic (exact) mass is 450 g/mol. The molecule has 2 aliphatic rings. The summed E-state index contributed by atoms with van der Waals surface area (Å²) >= 11 is 0. The average molecular weight is 451 g/mol. The Morgan fingerprint density at radius 1 is 1.29 bits per heavy atom. The molecule has 1 aliphatic heterocycles. The summed E-state index contributed by atoms with van der Waals surface area (Å²) in [5.74, 6) is 5.20. The molecule has 0 spiro atoms. The second kappa shape index (κ2) is 7.84. The van der Waals surface area contributed by atoms with Crippen molar-refractivity contribution in [1.82, 2.24) is 9.24 Å². The first-order valence-corrected chi connectivity index (χ1v) is 10.3. The summed E-state index contributed by atoms with van der Waals surface area (Å²) < 4.78 is 17.3. The molecule has 0 amide bonds. The fourth-order valence-corrected chi connectivity index (χ4v) is 4.67. The number of hydrogen-bond donors (Lipinski definition) is 2. The van der Waals surface area contributed by atoms with Crippen LogP contribution in [0.2, 0.25) is 0 Å². The molecule has 10 heteroatoms. The van der Waals surface area contributed by atoms with Gasteiger partial charge in [0.25, 0.3) is 5.56 Å². The van der Waals surface area contributed by atoms with Gasteiger partial charge in [0.2, 0.25) is 0 Å². The smallest absolute Gasteiger partial charge is 0.350 e. The standard InChI is InChI=1S/C21H27FN6O2.ClH/c1-11-16-14(19(29)28(25)20(30)27(16)13-4-5-13)8-15(22)17(11)26-7-6-12(9-26)18(24)21(2,3)10-23;/h8,12-13,18H,4-7,9,24-25H2,1-3H3;1H. The van der Waals surface area contributed by atoms with Gasteiger partial charge < -0.3 is 16.5 Å². The van der Waals surface area contributed by atoms with E-state index in [1.165, 1.54) is 10.6 Å². The van der Waals surface area contributed by atoms with Crippen molar-refractivity contribution in [3.8, 4) is 6.07 Å². The number of rotatable bonds is 4. The van der Waals surface area contributed by atoms with E-state index in [0.29, 0.717) is 34.5 Å². The van der Waals surface area contributed by atoms with Crippen LogP contribution >= 0.6 is 12.4 Å². The van der Waals surface area contributed by atoms with Gasteiger partial charge in [-0.3, -0.25) is 9.36 Å². The molecule has 4 rings (SSSR count). The lowest BCUT2D eigenvalue weighted by atomic mass is 9.79. The van der Waals surface area contributed by atoms with Crippen molar-refractivity contribution in [3.63, 3.8) is 0 Å². The van der Waals surface area contributed by atoms with Crippen molar-refractivity contribution in [2.45, 2.75) is 52.1 Å². The summed E-state index contributed by atoms with van der Waals surface area (Å²) in [6, 6.07) is 3.08. The van der Waals surface area contributed by atoms with E-state index in [9.17, 15) is 14.9 Å². The summed E-state index contributed by atoms with van der Waals surface area (Å²) in [4.78, 5) is 27.2. The Morgan fingerprint density at radius 3 is 2.52 bits per heavy atom. The molecule has 31 heavy (non-hydrogen) atoms. The number of aryl methyl sites for hydroxylation is 1. The summed E-state index contributed by atoms with van der Waals surface area (Å²) in [6.07, 6.45) is 2.38. The van der Waals surface area contributed by atoms with Crippen molar-refractivity contribution in [3.05, 3.63) is 38.3 Å². The first-order chi connectivity index (χ1) is 14.1. The zero-order valence-electron chi connectivity index (χ0n) is 17.9. The highest BCUT2D eigenvalue weighted by atomic mass is 35.5. The molecule has 168 valence electrons. The lowest BCUT2D eigenvalue weighted by molar-refractivity contribution is 0.294. The van der Waals surface area contributed by atoms with Gasteiger partial charge in [0, 0.05) is 30.7 Å². The Bertz CT molecular complexity index is 1190. The van der Waals surface area contributed by atoms with Crippen molar-refractivity contribution >= 4 is 29.0 Å². The lowest BCUT2D eigenvalue weighted by Crippen LogP contribution is -2.45. The highest BCUT2D eigenvalue weighted by molar-refractivity contribution is 5.87. The number of fused-ring (bicyclic) bond motifs is 1. The van der Waals surface area contributed by atoms with Crippen LogP contribution in [0.25, 0.3) is 10.9 Å². The van der Waals surface area contributed by atoms with E-state index < -0.39 is 22.5 Å². The van der Waals surface area contributed by atoms with Gasteiger partial charge >= 0.3 is 5.69 Å². The van der Waals surface area contributed by atoms with Gasteiger partial charge in [0.1, 0.15) is 5.82 Å². The second-order valence-electron chi connectivity index (χ2n) is 9.14. The Morgan fingerprint density at radius 2 is 1.94 bits per heavy atom. The van der Waals surface area contributed by atoms with Crippen LogP contribution in [0.3, 0.4) is 0 Å². The van der Waals surface area contributed by atoms with Crippen molar-refractivity contribution in [2.75, 3.05) is 23.8 Å². The quantitative estimate of drug-likeness (QED) is 0.684. The van der Waals surface area contributed by atoms with Crippen LogP contribution in [0, 0.1) is 35.4 Å². The van der Waals surface area contributed by atoms with E-state index in [0.717, 1.165) is 19.3 Å². The first kappa shape index (κ1) is 23.1. The molecule has 2 fully saturated rings. The molecular formula is C21H28ClFN6O2. The van der Waals surface area contributed by atoms with Gasteiger partial charge in [0.15, 0.2) is 0 Å². The van der Waals surface area contributed by atoms with Gasteiger partial charge in [-0.1, -0.05) is 0 Å². The van der Waals surface area contributed by atoms with Crippen LogP contribution in [-0.2, 0) is 0 Å². The molecule has 1 saturated heterocycles. The summed E-state index contributed by atoms with van der Waals surface area (Å²) in [7, 11) is 0. The number of hydrogen-bond acceptors (Lipinski definition) is 6. The second-order valence-corrected chi connectivity index (χ2v) is 9.14. The molecular weight excluding hydrogens is 423 g/mol. The number of nitrogens with two attached hydrogens (primary N) is 2. The van der Waals surface area contributed by atoms with Crippen LogP contribution in [0.15, 0.2) is 15.7 Å². The molecule has 1 aromatic carbocycles. The number of halogens is 2. The third kappa shape index (κ3) is 3.58. The van der Waals surface area contributed by atoms with Gasteiger partial charge in [-0.15, -0.1) is 12.4 Å². The van der Waals surface area contributed by atoms with Crippen LogP contribution in [-0.4, -0.2) is 28.4 Å². The number of nitriles is 1. The first-order valence-electron chi connectivity index (χ1n) is 10.3. The summed E-state index contributed by atoms with van der Waals surface area (Å²) in [6.45, 7) is 6.47. The molecule has 0 bridgehead atoms. The van der Waals surface area contributed by atoms with Gasteiger partial charge in [-0.2, -0.15) is 9.94 Å². The molecule has 4 N–H and O–H groups in total. The van der Waals surface area contributed by atoms with Crippen LogP contribution in [0.1, 0.15) is 44.7 Å². The Kier molecular flexibility index (Phi) is 5.84. The largest absolute Gasteiger partial charge is 0.369 e. The van der Waals surface area contributed by atoms with Crippen molar-refractivity contribution < 1.29 is 4.39 Å². The molecule has 2 heterocycles. The lowest BCUT2D eigenvalue weighted by Gasteiger charge is -2.30. The predicted octanol–water partition coefficient (Wildman–Crippen LogP) is 1.78. The number of anilines is 1. The minimum atomic E-state index is -0.697. The number of aromatic nitrogens is 2. The predicted molar refractivity (Wildman–Crippen MR) is 121 cm³/mol. The third-order valence-corrected chi connectivity index (χ3v) is 6.65. The topological polar surface area (TPSA) is 123 Å². The number of nitrogen functional groups attached to an aromatic ring is 1.